The maximum absolute atomic E-state index is 12.5. The van der Waals surface area contributed by atoms with Crippen LogP contribution >= 0.6 is 11.3 Å². The number of benzene rings is 1. The number of carbonyl (C=O) groups is 3. The van der Waals surface area contributed by atoms with Crippen LogP contribution in [0.15, 0.2) is 35.4 Å². The highest BCUT2D eigenvalue weighted by Gasteiger charge is 2.30. The van der Waals surface area contributed by atoms with Gasteiger partial charge in [-0.05, 0) is 43.2 Å². The molecule has 0 spiro atoms. The zero-order valence-electron chi connectivity index (χ0n) is 16.4. The highest BCUT2D eigenvalue weighted by Crippen LogP contribution is 2.40. The molecule has 0 saturated heterocycles. The fourth-order valence-corrected chi connectivity index (χ4v) is 4.57. The van der Waals surface area contributed by atoms with Crippen molar-refractivity contribution in [3.8, 4) is 0 Å². The van der Waals surface area contributed by atoms with Gasteiger partial charge in [-0.15, -0.1) is 11.3 Å². The van der Waals surface area contributed by atoms with Gasteiger partial charge in [-0.2, -0.15) is 5.10 Å². The van der Waals surface area contributed by atoms with Crippen LogP contribution in [-0.4, -0.2) is 30.6 Å². The van der Waals surface area contributed by atoms with Crippen molar-refractivity contribution in [1.29, 1.82) is 0 Å². The number of hydrazone groups is 1. The second-order valence-corrected chi connectivity index (χ2v) is 7.95. The number of amides is 2. The van der Waals surface area contributed by atoms with E-state index in [0.717, 1.165) is 35.3 Å². The molecule has 1 unspecified atom stereocenters. The molecule has 1 heterocycles. The highest BCUT2D eigenvalue weighted by atomic mass is 32.1. The molecule has 1 aliphatic rings. The number of hydrogen-bond acceptors (Lipinski definition) is 6. The van der Waals surface area contributed by atoms with Crippen LogP contribution in [0.4, 0.5) is 5.00 Å². The number of fused-ring (bicyclic) bond motifs is 1. The van der Waals surface area contributed by atoms with E-state index in [9.17, 15) is 14.4 Å². The lowest BCUT2D eigenvalue weighted by Gasteiger charge is -2.18. The molecule has 3 rings (SSSR count). The van der Waals surface area contributed by atoms with Crippen molar-refractivity contribution in [2.45, 2.75) is 33.1 Å². The molecule has 1 aromatic carbocycles. The molecule has 29 heavy (non-hydrogen) atoms. The van der Waals surface area contributed by atoms with E-state index in [2.05, 4.69) is 22.8 Å². The molecule has 0 radical (unpaired) electrons. The van der Waals surface area contributed by atoms with Gasteiger partial charge in [-0.1, -0.05) is 37.3 Å². The number of rotatable bonds is 5. The summed E-state index contributed by atoms with van der Waals surface area (Å²) in [6.07, 6.45) is 4.01. The molecule has 2 amide bonds. The maximum Gasteiger partial charge on any atom is 0.341 e. The lowest BCUT2D eigenvalue weighted by atomic mass is 9.88. The molecule has 0 fully saturated rings. The Bertz CT molecular complexity index is 937. The van der Waals surface area contributed by atoms with Gasteiger partial charge in [-0.3, -0.25) is 9.59 Å². The van der Waals surface area contributed by atoms with Gasteiger partial charge in [0.15, 0.2) is 0 Å². The predicted octanol–water partition coefficient (Wildman–Crippen LogP) is 3.14. The van der Waals surface area contributed by atoms with E-state index in [4.69, 9.17) is 4.74 Å². The minimum absolute atomic E-state index is 0.238. The van der Waals surface area contributed by atoms with Gasteiger partial charge < -0.3 is 10.1 Å². The molecule has 8 heteroatoms. The minimum atomic E-state index is -0.910. The first-order valence-electron chi connectivity index (χ1n) is 9.50. The summed E-state index contributed by atoms with van der Waals surface area (Å²) in [7, 11) is 0. The van der Waals surface area contributed by atoms with Crippen LogP contribution < -0.4 is 10.7 Å². The van der Waals surface area contributed by atoms with Crippen molar-refractivity contribution in [2.75, 3.05) is 11.9 Å². The largest absolute Gasteiger partial charge is 0.462 e. The van der Waals surface area contributed by atoms with Crippen molar-refractivity contribution in [3.05, 3.63) is 51.9 Å². The van der Waals surface area contributed by atoms with Gasteiger partial charge >= 0.3 is 17.8 Å². The van der Waals surface area contributed by atoms with Gasteiger partial charge in [-0.25, -0.2) is 10.2 Å². The Kier molecular flexibility index (Phi) is 6.77. The highest BCUT2D eigenvalue weighted by molar-refractivity contribution is 7.17. The summed E-state index contributed by atoms with van der Waals surface area (Å²) < 4.78 is 5.17. The summed E-state index contributed by atoms with van der Waals surface area (Å²) in [6.45, 7) is 4.13. The standard InChI is InChI=1S/C21H23N3O4S/c1-3-28-21(27)17-15-10-9-13(2)11-16(15)29-20(17)23-18(25)19(26)24-22-12-14-7-5-4-6-8-14/h4-8,12-13H,3,9-11H2,1-2H3,(H,23,25)(H,24,26)/b22-12+. The van der Waals surface area contributed by atoms with E-state index in [-0.39, 0.29) is 6.61 Å². The lowest BCUT2D eigenvalue weighted by molar-refractivity contribution is -0.136. The molecular formula is C21H23N3O4S. The first-order chi connectivity index (χ1) is 14.0. The van der Waals surface area contributed by atoms with E-state index < -0.39 is 17.8 Å². The molecule has 1 aromatic heterocycles. The van der Waals surface area contributed by atoms with Crippen LogP contribution in [0.25, 0.3) is 0 Å². The van der Waals surface area contributed by atoms with Crippen molar-refractivity contribution in [1.82, 2.24) is 5.43 Å². The Hall–Kier alpha value is -3.00. The first-order valence-corrected chi connectivity index (χ1v) is 10.3. The van der Waals surface area contributed by atoms with Gasteiger partial charge in [0.1, 0.15) is 5.00 Å². The molecule has 1 atom stereocenters. The molecule has 0 saturated carbocycles. The van der Waals surface area contributed by atoms with Crippen molar-refractivity contribution in [3.63, 3.8) is 0 Å². The number of esters is 1. The molecule has 1 aliphatic carbocycles. The first kappa shape index (κ1) is 20.7. The molecular weight excluding hydrogens is 390 g/mol. The molecule has 152 valence electrons. The SMILES string of the molecule is CCOC(=O)c1c(NC(=O)C(=O)N/N=C/c2ccccc2)sc2c1CCC(C)C2. The maximum atomic E-state index is 12.5. The second kappa shape index (κ2) is 9.47. The number of nitrogens with zero attached hydrogens (tertiary/aromatic N) is 1. The summed E-state index contributed by atoms with van der Waals surface area (Å²) in [4.78, 5) is 37.9. The molecule has 7 nitrogen and oxygen atoms in total. The summed E-state index contributed by atoms with van der Waals surface area (Å²) in [5.41, 5.74) is 4.28. The smallest absolute Gasteiger partial charge is 0.341 e. The Morgan fingerprint density at radius 2 is 2.00 bits per heavy atom. The predicted molar refractivity (Wildman–Crippen MR) is 112 cm³/mol. The van der Waals surface area contributed by atoms with Crippen molar-refractivity contribution < 1.29 is 19.1 Å². The monoisotopic (exact) mass is 413 g/mol. The summed E-state index contributed by atoms with van der Waals surface area (Å²) in [5.74, 6) is -1.76. The number of nitrogens with one attached hydrogen (secondary N) is 2. The zero-order valence-corrected chi connectivity index (χ0v) is 17.2. The van der Waals surface area contributed by atoms with Crippen LogP contribution in [0.2, 0.25) is 0 Å². The van der Waals surface area contributed by atoms with Crippen molar-refractivity contribution >= 4 is 40.3 Å². The second-order valence-electron chi connectivity index (χ2n) is 6.84. The number of hydrogen-bond donors (Lipinski definition) is 2. The molecule has 2 aromatic rings. The van der Waals surface area contributed by atoms with Gasteiger partial charge in [0, 0.05) is 4.88 Å². The third-order valence-corrected chi connectivity index (χ3v) is 5.77. The summed E-state index contributed by atoms with van der Waals surface area (Å²) in [5, 5.41) is 6.71. The third-order valence-electron chi connectivity index (χ3n) is 4.60. The van der Waals surface area contributed by atoms with Gasteiger partial charge in [0.25, 0.3) is 0 Å². The van der Waals surface area contributed by atoms with E-state index >= 15 is 0 Å². The Balaban J connectivity index is 1.72. The molecule has 2 N–H and O–H groups in total. The van der Waals surface area contributed by atoms with E-state index in [1.165, 1.54) is 17.6 Å². The fourth-order valence-electron chi connectivity index (χ4n) is 3.17. The van der Waals surface area contributed by atoms with Crippen LogP contribution in [0.1, 0.15) is 46.6 Å². The Morgan fingerprint density at radius 1 is 1.24 bits per heavy atom. The number of thiophene rings is 1. The molecule has 0 aliphatic heterocycles. The van der Waals surface area contributed by atoms with E-state index in [1.807, 2.05) is 30.3 Å². The van der Waals surface area contributed by atoms with Crippen molar-refractivity contribution in [2.24, 2.45) is 11.0 Å². The average molecular weight is 413 g/mol. The fraction of sp³-hybridized carbons (Fsp3) is 0.333. The number of anilines is 1. The summed E-state index contributed by atoms with van der Waals surface area (Å²) >= 11 is 1.34. The quantitative estimate of drug-likeness (QED) is 0.341. The van der Waals surface area contributed by atoms with Crippen LogP contribution in [-0.2, 0) is 27.2 Å². The zero-order chi connectivity index (χ0) is 20.8. The summed E-state index contributed by atoms with van der Waals surface area (Å²) in [6, 6.07) is 9.18. The van der Waals surface area contributed by atoms with Crippen LogP contribution in [0, 0.1) is 5.92 Å². The van der Waals surface area contributed by atoms with Crippen LogP contribution in [0.5, 0.6) is 0 Å². The van der Waals surface area contributed by atoms with E-state index in [1.54, 1.807) is 6.92 Å². The topological polar surface area (TPSA) is 96.9 Å². The Labute approximate surface area is 173 Å². The van der Waals surface area contributed by atoms with Crippen LogP contribution in [0.3, 0.4) is 0 Å². The minimum Gasteiger partial charge on any atom is -0.462 e. The third kappa shape index (κ3) is 5.08. The lowest BCUT2D eigenvalue weighted by Crippen LogP contribution is -2.32. The van der Waals surface area contributed by atoms with Gasteiger partial charge in [0.2, 0.25) is 0 Å². The van der Waals surface area contributed by atoms with E-state index in [0.29, 0.717) is 16.5 Å². The van der Waals surface area contributed by atoms with Gasteiger partial charge in [0.05, 0.1) is 18.4 Å². The number of carbonyl (C=O) groups excluding carboxylic acids is 3. The molecule has 0 bridgehead atoms. The average Bonchev–Trinajstić information content (AvgIpc) is 3.05. The normalized spacial score (nSPS) is 15.6. The Morgan fingerprint density at radius 3 is 2.72 bits per heavy atom. The number of ether oxygens (including phenoxy) is 1.